The predicted octanol–water partition coefficient (Wildman–Crippen LogP) is 1.79. The largest absolute Gasteiger partial charge is 0.434 e. The molecule has 0 spiro atoms. The minimum atomic E-state index is 0.315. The molecule has 0 bridgehead atoms. The Morgan fingerprint density at radius 2 is 2.31 bits per heavy atom. The van der Waals surface area contributed by atoms with E-state index in [-0.39, 0.29) is 0 Å². The lowest BCUT2D eigenvalue weighted by atomic mass is 10.2. The van der Waals surface area contributed by atoms with Crippen LogP contribution in [-0.2, 0) is 7.05 Å². The van der Waals surface area contributed by atoms with Gasteiger partial charge in [-0.25, -0.2) is 4.98 Å². The van der Waals surface area contributed by atoms with E-state index in [1.807, 2.05) is 6.92 Å². The second-order valence-electron chi connectivity index (χ2n) is 3.37. The first-order chi connectivity index (χ1) is 7.70. The zero-order chi connectivity index (χ0) is 11.5. The van der Waals surface area contributed by atoms with E-state index in [0.29, 0.717) is 17.2 Å². The molecule has 0 amide bonds. The van der Waals surface area contributed by atoms with Crippen molar-refractivity contribution in [2.24, 2.45) is 7.05 Å². The molecule has 80 valence electrons. The van der Waals surface area contributed by atoms with Gasteiger partial charge in [-0.1, -0.05) is 0 Å². The van der Waals surface area contributed by atoms with Gasteiger partial charge in [0, 0.05) is 13.2 Å². The molecular weight excluding hydrogens is 204 g/mol. The van der Waals surface area contributed by atoms with Crippen molar-refractivity contribution in [3.05, 3.63) is 35.8 Å². The third-order valence-electron chi connectivity index (χ3n) is 2.13. The van der Waals surface area contributed by atoms with E-state index in [4.69, 9.17) is 10.00 Å². The van der Waals surface area contributed by atoms with Crippen molar-refractivity contribution in [1.82, 2.24) is 14.8 Å². The van der Waals surface area contributed by atoms with Crippen LogP contribution in [0.3, 0.4) is 0 Å². The predicted molar refractivity (Wildman–Crippen MR) is 57.0 cm³/mol. The summed E-state index contributed by atoms with van der Waals surface area (Å²) < 4.78 is 7.11. The Kier molecular flexibility index (Phi) is 2.56. The molecule has 0 fully saturated rings. The molecule has 0 aliphatic heterocycles. The number of aryl methyl sites for hydroxylation is 2. The van der Waals surface area contributed by atoms with Crippen LogP contribution in [0.2, 0.25) is 0 Å². The summed E-state index contributed by atoms with van der Waals surface area (Å²) in [5.41, 5.74) is 1.29. The van der Waals surface area contributed by atoms with Gasteiger partial charge >= 0.3 is 0 Å². The topological polar surface area (TPSA) is 63.7 Å². The molecule has 0 unspecified atom stereocenters. The lowest BCUT2D eigenvalue weighted by Crippen LogP contribution is -1.93. The van der Waals surface area contributed by atoms with Crippen LogP contribution in [0, 0.1) is 18.3 Å². The fourth-order valence-electron chi connectivity index (χ4n) is 1.31. The molecular formula is C11H10N4O. The van der Waals surface area contributed by atoms with Crippen LogP contribution in [0.15, 0.2) is 24.7 Å². The lowest BCUT2D eigenvalue weighted by Gasteiger charge is -2.04. The fraction of sp³-hybridized carbons (Fsp3) is 0.182. The van der Waals surface area contributed by atoms with Crippen LogP contribution in [0.4, 0.5) is 0 Å². The molecule has 0 N–H and O–H groups in total. The number of rotatable bonds is 2. The summed E-state index contributed by atoms with van der Waals surface area (Å²) in [6.45, 7) is 1.84. The van der Waals surface area contributed by atoms with Gasteiger partial charge in [0.15, 0.2) is 5.75 Å². The number of hydrogen-bond acceptors (Lipinski definition) is 4. The van der Waals surface area contributed by atoms with Gasteiger partial charge in [-0.3, -0.25) is 4.68 Å². The molecule has 0 aliphatic rings. The minimum absolute atomic E-state index is 0.315. The van der Waals surface area contributed by atoms with Gasteiger partial charge in [0.1, 0.15) is 11.6 Å². The number of hydrogen-bond donors (Lipinski definition) is 0. The van der Waals surface area contributed by atoms with Crippen LogP contribution < -0.4 is 4.74 Å². The van der Waals surface area contributed by atoms with Gasteiger partial charge in [0.2, 0.25) is 5.88 Å². The smallest absolute Gasteiger partial charge is 0.237 e. The van der Waals surface area contributed by atoms with E-state index >= 15 is 0 Å². The lowest BCUT2D eigenvalue weighted by molar-refractivity contribution is 0.460. The average molecular weight is 214 g/mol. The van der Waals surface area contributed by atoms with Crippen LogP contribution in [0.25, 0.3) is 0 Å². The van der Waals surface area contributed by atoms with Crippen LogP contribution >= 0.6 is 0 Å². The second-order valence-corrected chi connectivity index (χ2v) is 3.37. The number of nitrogens with zero attached hydrogens (tertiary/aromatic N) is 4. The van der Waals surface area contributed by atoms with E-state index in [1.165, 1.54) is 0 Å². The molecule has 2 aromatic rings. The summed E-state index contributed by atoms with van der Waals surface area (Å²) in [5.74, 6) is 0.882. The molecule has 0 aliphatic carbocycles. The third kappa shape index (κ3) is 1.86. The molecule has 2 rings (SSSR count). The number of nitriles is 1. The molecule has 0 atom stereocenters. The van der Waals surface area contributed by atoms with Gasteiger partial charge in [0.05, 0.1) is 12.4 Å². The van der Waals surface area contributed by atoms with E-state index in [0.717, 1.165) is 5.56 Å². The van der Waals surface area contributed by atoms with Crippen LogP contribution in [0.5, 0.6) is 11.6 Å². The van der Waals surface area contributed by atoms with Crippen molar-refractivity contribution in [3.63, 3.8) is 0 Å². The quantitative estimate of drug-likeness (QED) is 0.764. The summed E-state index contributed by atoms with van der Waals surface area (Å²) in [6.07, 6.45) is 4.90. The summed E-state index contributed by atoms with van der Waals surface area (Å²) >= 11 is 0. The summed E-state index contributed by atoms with van der Waals surface area (Å²) in [5, 5.41) is 13.0. The first kappa shape index (κ1) is 10.2. The highest BCUT2D eigenvalue weighted by Gasteiger charge is 2.09. The number of pyridine rings is 1. The van der Waals surface area contributed by atoms with E-state index in [1.54, 1.807) is 36.4 Å². The van der Waals surface area contributed by atoms with Crippen molar-refractivity contribution in [3.8, 4) is 17.7 Å². The van der Waals surface area contributed by atoms with Crippen molar-refractivity contribution in [2.75, 3.05) is 0 Å². The first-order valence-electron chi connectivity index (χ1n) is 4.73. The summed E-state index contributed by atoms with van der Waals surface area (Å²) in [7, 11) is 1.79. The molecule has 5 nitrogen and oxygen atoms in total. The molecule has 5 heteroatoms. The normalized spacial score (nSPS) is 9.81. The maximum absolute atomic E-state index is 8.99. The minimum Gasteiger partial charge on any atom is -0.434 e. The van der Waals surface area contributed by atoms with Gasteiger partial charge in [-0.15, -0.1) is 0 Å². The van der Waals surface area contributed by atoms with Crippen molar-refractivity contribution >= 4 is 0 Å². The Bertz CT molecular complexity index is 553. The number of aromatic nitrogens is 3. The molecule has 16 heavy (non-hydrogen) atoms. The van der Waals surface area contributed by atoms with Gasteiger partial charge in [-0.2, -0.15) is 10.4 Å². The first-order valence-corrected chi connectivity index (χ1v) is 4.73. The Labute approximate surface area is 92.9 Å². The standard InChI is InChI=1S/C11H10N4O/c1-8-3-4-13-11(10(8)5-12)16-9-6-14-15(2)7-9/h3-4,6-7H,1-2H3. The monoisotopic (exact) mass is 214 g/mol. The Morgan fingerprint density at radius 3 is 2.94 bits per heavy atom. The fourth-order valence-corrected chi connectivity index (χ4v) is 1.31. The molecule has 0 radical (unpaired) electrons. The van der Waals surface area contributed by atoms with Gasteiger partial charge < -0.3 is 4.74 Å². The second kappa shape index (κ2) is 4.03. The van der Waals surface area contributed by atoms with Crippen LogP contribution in [-0.4, -0.2) is 14.8 Å². The highest BCUT2D eigenvalue weighted by atomic mass is 16.5. The molecule has 0 saturated carbocycles. The average Bonchev–Trinajstić information content (AvgIpc) is 2.64. The zero-order valence-electron chi connectivity index (χ0n) is 9.01. The maximum Gasteiger partial charge on any atom is 0.237 e. The summed E-state index contributed by atoms with van der Waals surface area (Å²) in [6, 6.07) is 3.85. The highest BCUT2D eigenvalue weighted by molar-refractivity contribution is 5.45. The maximum atomic E-state index is 8.99. The molecule has 2 heterocycles. The molecule has 0 saturated heterocycles. The third-order valence-corrected chi connectivity index (χ3v) is 2.13. The number of ether oxygens (including phenoxy) is 1. The Balaban J connectivity index is 2.35. The summed E-state index contributed by atoms with van der Waals surface area (Å²) in [4.78, 5) is 4.03. The van der Waals surface area contributed by atoms with E-state index < -0.39 is 0 Å². The SMILES string of the molecule is Cc1ccnc(Oc2cnn(C)c2)c1C#N. The van der Waals surface area contributed by atoms with Gasteiger partial charge in [0.25, 0.3) is 0 Å². The molecule has 0 aromatic carbocycles. The molecule has 2 aromatic heterocycles. The van der Waals surface area contributed by atoms with Crippen LogP contribution in [0.1, 0.15) is 11.1 Å². The van der Waals surface area contributed by atoms with E-state index in [9.17, 15) is 0 Å². The zero-order valence-corrected chi connectivity index (χ0v) is 9.01. The Morgan fingerprint density at radius 1 is 1.50 bits per heavy atom. The van der Waals surface area contributed by atoms with Crippen molar-refractivity contribution in [1.29, 1.82) is 5.26 Å². The van der Waals surface area contributed by atoms with Crippen molar-refractivity contribution < 1.29 is 4.74 Å². The van der Waals surface area contributed by atoms with Crippen molar-refractivity contribution in [2.45, 2.75) is 6.92 Å². The van der Waals surface area contributed by atoms with Gasteiger partial charge in [-0.05, 0) is 18.6 Å². The highest BCUT2D eigenvalue weighted by Crippen LogP contribution is 2.23. The van der Waals surface area contributed by atoms with E-state index in [2.05, 4.69) is 16.2 Å². The Hall–Kier alpha value is -2.35.